The molecule has 0 aromatic heterocycles. The lowest BCUT2D eigenvalue weighted by atomic mass is 10.0. The first kappa shape index (κ1) is 66.4. The van der Waals surface area contributed by atoms with Crippen LogP contribution in [0.3, 0.4) is 0 Å². The number of carbonyl (C=O) groups excluding carboxylic acids is 3. The molecule has 0 saturated heterocycles. The molecular formula is C63H114O6. The zero-order chi connectivity index (χ0) is 50.0. The molecule has 0 amide bonds. The van der Waals surface area contributed by atoms with Gasteiger partial charge in [-0.05, 0) is 57.8 Å². The SMILES string of the molecule is CC/C=C\C/C=C\C/C=C\C/C=C\CCCCCCC(=O)OC(COC(=O)CCCCCCCCCCCCCC)COC(=O)CCCCCCCCCCCCCCCCCCCCCCCC. The third-order valence-corrected chi connectivity index (χ3v) is 13.3. The molecule has 0 rings (SSSR count). The third kappa shape index (κ3) is 56.2. The van der Waals surface area contributed by atoms with Crippen molar-refractivity contribution in [3.05, 3.63) is 48.6 Å². The summed E-state index contributed by atoms with van der Waals surface area (Å²) >= 11 is 0. The third-order valence-electron chi connectivity index (χ3n) is 13.3. The number of carbonyl (C=O) groups is 3. The Kier molecular flexibility index (Phi) is 55.7. The Hall–Kier alpha value is -2.63. The summed E-state index contributed by atoms with van der Waals surface area (Å²) in [6, 6.07) is 0. The van der Waals surface area contributed by atoms with Gasteiger partial charge in [-0.1, -0.05) is 288 Å². The fourth-order valence-corrected chi connectivity index (χ4v) is 8.85. The summed E-state index contributed by atoms with van der Waals surface area (Å²) in [5.41, 5.74) is 0. The van der Waals surface area contributed by atoms with E-state index in [0.29, 0.717) is 19.3 Å². The van der Waals surface area contributed by atoms with Crippen LogP contribution in [0.15, 0.2) is 48.6 Å². The van der Waals surface area contributed by atoms with E-state index in [0.717, 1.165) is 96.3 Å². The number of ether oxygens (including phenoxy) is 3. The molecule has 0 aliphatic heterocycles. The first-order valence-electron chi connectivity index (χ1n) is 30.1. The van der Waals surface area contributed by atoms with Crippen LogP contribution in [-0.2, 0) is 28.6 Å². The molecule has 0 heterocycles. The Morgan fingerprint density at radius 2 is 0.565 bits per heavy atom. The normalized spacial score (nSPS) is 12.3. The van der Waals surface area contributed by atoms with E-state index in [1.807, 2.05) is 0 Å². The summed E-state index contributed by atoms with van der Waals surface area (Å²) in [7, 11) is 0. The van der Waals surface area contributed by atoms with Crippen LogP contribution >= 0.6 is 0 Å². The van der Waals surface area contributed by atoms with E-state index in [1.54, 1.807) is 0 Å². The van der Waals surface area contributed by atoms with E-state index in [2.05, 4.69) is 69.4 Å². The summed E-state index contributed by atoms with van der Waals surface area (Å²) < 4.78 is 16.9. The molecule has 0 fully saturated rings. The average Bonchev–Trinajstić information content (AvgIpc) is 3.35. The van der Waals surface area contributed by atoms with Crippen LogP contribution in [0.5, 0.6) is 0 Å². The van der Waals surface area contributed by atoms with Crippen LogP contribution in [-0.4, -0.2) is 37.2 Å². The van der Waals surface area contributed by atoms with Crippen LogP contribution in [0.1, 0.15) is 316 Å². The van der Waals surface area contributed by atoms with Gasteiger partial charge in [-0.3, -0.25) is 14.4 Å². The van der Waals surface area contributed by atoms with Crippen molar-refractivity contribution in [1.29, 1.82) is 0 Å². The van der Waals surface area contributed by atoms with Crippen LogP contribution < -0.4 is 0 Å². The van der Waals surface area contributed by atoms with E-state index in [1.165, 1.54) is 180 Å². The molecule has 0 aliphatic carbocycles. The lowest BCUT2D eigenvalue weighted by Crippen LogP contribution is -2.30. The molecule has 0 radical (unpaired) electrons. The van der Waals surface area contributed by atoms with Crippen molar-refractivity contribution in [3.8, 4) is 0 Å². The van der Waals surface area contributed by atoms with E-state index in [-0.39, 0.29) is 31.1 Å². The van der Waals surface area contributed by atoms with E-state index >= 15 is 0 Å². The lowest BCUT2D eigenvalue weighted by Gasteiger charge is -2.18. The Bertz CT molecular complexity index is 1200. The molecule has 0 spiro atoms. The first-order valence-corrected chi connectivity index (χ1v) is 30.1. The monoisotopic (exact) mass is 967 g/mol. The second-order valence-corrected chi connectivity index (χ2v) is 20.2. The number of hydrogen-bond donors (Lipinski definition) is 0. The lowest BCUT2D eigenvalue weighted by molar-refractivity contribution is -0.167. The molecule has 1 unspecified atom stereocenters. The Morgan fingerprint density at radius 1 is 0.304 bits per heavy atom. The second-order valence-electron chi connectivity index (χ2n) is 20.2. The predicted molar refractivity (Wildman–Crippen MR) is 298 cm³/mol. The van der Waals surface area contributed by atoms with Gasteiger partial charge in [-0.2, -0.15) is 0 Å². The number of hydrogen-bond acceptors (Lipinski definition) is 6. The van der Waals surface area contributed by atoms with Gasteiger partial charge in [0.2, 0.25) is 0 Å². The Balaban J connectivity index is 4.30. The Morgan fingerprint density at radius 3 is 0.884 bits per heavy atom. The highest BCUT2D eigenvalue weighted by atomic mass is 16.6. The summed E-state index contributed by atoms with van der Waals surface area (Å²) in [5, 5.41) is 0. The molecule has 6 nitrogen and oxygen atoms in total. The molecule has 0 aliphatic rings. The van der Waals surface area contributed by atoms with Gasteiger partial charge in [0.15, 0.2) is 6.10 Å². The van der Waals surface area contributed by atoms with Gasteiger partial charge in [0, 0.05) is 19.3 Å². The van der Waals surface area contributed by atoms with Crippen LogP contribution in [0.25, 0.3) is 0 Å². The number of rotatable bonds is 55. The van der Waals surface area contributed by atoms with Crippen molar-refractivity contribution < 1.29 is 28.6 Å². The molecule has 6 heteroatoms. The fourth-order valence-electron chi connectivity index (χ4n) is 8.85. The van der Waals surface area contributed by atoms with Crippen LogP contribution in [0, 0.1) is 0 Å². The smallest absolute Gasteiger partial charge is 0.306 e. The van der Waals surface area contributed by atoms with Gasteiger partial charge in [0.25, 0.3) is 0 Å². The zero-order valence-corrected chi connectivity index (χ0v) is 46.1. The molecule has 1 atom stereocenters. The average molecular weight is 968 g/mol. The minimum atomic E-state index is -0.782. The van der Waals surface area contributed by atoms with Gasteiger partial charge in [0.1, 0.15) is 13.2 Å². The van der Waals surface area contributed by atoms with Crippen molar-refractivity contribution in [1.82, 2.24) is 0 Å². The van der Waals surface area contributed by atoms with Gasteiger partial charge in [0.05, 0.1) is 0 Å². The quantitative estimate of drug-likeness (QED) is 0.0262. The van der Waals surface area contributed by atoms with Gasteiger partial charge < -0.3 is 14.2 Å². The maximum atomic E-state index is 12.9. The molecule has 0 aromatic carbocycles. The first-order chi connectivity index (χ1) is 34.0. The molecule has 0 aromatic rings. The van der Waals surface area contributed by atoms with Crippen molar-refractivity contribution in [3.63, 3.8) is 0 Å². The second kappa shape index (κ2) is 57.9. The largest absolute Gasteiger partial charge is 0.462 e. The van der Waals surface area contributed by atoms with Crippen molar-refractivity contribution in [2.45, 2.75) is 322 Å². The highest BCUT2D eigenvalue weighted by molar-refractivity contribution is 5.71. The molecule has 0 bridgehead atoms. The summed E-state index contributed by atoms with van der Waals surface area (Å²) in [4.78, 5) is 38.2. The summed E-state index contributed by atoms with van der Waals surface area (Å²) in [6.07, 6.45) is 71.1. The molecule has 69 heavy (non-hydrogen) atoms. The van der Waals surface area contributed by atoms with E-state index < -0.39 is 6.10 Å². The van der Waals surface area contributed by atoms with E-state index in [4.69, 9.17) is 14.2 Å². The predicted octanol–water partition coefficient (Wildman–Crippen LogP) is 20.2. The minimum absolute atomic E-state index is 0.0787. The topological polar surface area (TPSA) is 78.9 Å². The summed E-state index contributed by atoms with van der Waals surface area (Å²) in [5.74, 6) is -0.885. The molecule has 402 valence electrons. The minimum Gasteiger partial charge on any atom is -0.462 e. The number of unbranched alkanes of at least 4 members (excludes halogenated alkanes) is 36. The van der Waals surface area contributed by atoms with Gasteiger partial charge >= 0.3 is 17.9 Å². The molecule has 0 saturated carbocycles. The maximum Gasteiger partial charge on any atom is 0.306 e. The zero-order valence-electron chi connectivity index (χ0n) is 46.1. The number of esters is 3. The van der Waals surface area contributed by atoms with Crippen molar-refractivity contribution in [2.24, 2.45) is 0 Å². The fraction of sp³-hybridized carbons (Fsp3) is 0.825. The van der Waals surface area contributed by atoms with Gasteiger partial charge in [-0.25, -0.2) is 0 Å². The highest BCUT2D eigenvalue weighted by Gasteiger charge is 2.19. The molecular weight excluding hydrogens is 853 g/mol. The van der Waals surface area contributed by atoms with E-state index in [9.17, 15) is 14.4 Å². The highest BCUT2D eigenvalue weighted by Crippen LogP contribution is 2.17. The van der Waals surface area contributed by atoms with Crippen LogP contribution in [0.2, 0.25) is 0 Å². The van der Waals surface area contributed by atoms with Gasteiger partial charge in [-0.15, -0.1) is 0 Å². The Labute approximate surface area is 428 Å². The number of allylic oxidation sites excluding steroid dienone is 8. The van der Waals surface area contributed by atoms with Crippen molar-refractivity contribution >= 4 is 17.9 Å². The van der Waals surface area contributed by atoms with Crippen LogP contribution in [0.4, 0.5) is 0 Å². The maximum absolute atomic E-state index is 12.9. The standard InChI is InChI=1S/C63H114O6/c1-4-7-10-13-16-19-22-25-27-29-30-31-32-33-35-36-38-41-44-47-50-53-56-62(65)68-59-60(58-67-61(64)55-52-49-46-43-40-24-21-18-15-12-9-6-3)69-63(66)57-54-51-48-45-42-39-37-34-28-26-23-20-17-14-11-8-5-2/h8,11,17,20,26,28,37,39,60H,4-7,9-10,12-16,18-19,21-25,27,29-36,38,40-59H2,1-3H3/b11-8-,20-17-,28-26-,39-37-. The molecule has 0 N–H and O–H groups in total. The summed E-state index contributed by atoms with van der Waals surface area (Å²) in [6.45, 7) is 6.55. The van der Waals surface area contributed by atoms with Crippen molar-refractivity contribution in [2.75, 3.05) is 13.2 Å².